The number of thioether (sulfide) groups is 1. The lowest BCUT2D eigenvalue weighted by molar-refractivity contribution is 0.0324. The topological polar surface area (TPSA) is 9.23 Å². The second-order valence-corrected chi connectivity index (χ2v) is 3.72. The van der Waals surface area contributed by atoms with Crippen LogP contribution in [-0.4, -0.2) is 24.2 Å². The molecule has 0 spiro atoms. The molecule has 1 saturated heterocycles. The Hall–Kier alpha value is 0.310. The molecular formula is C7H14OS. The van der Waals surface area contributed by atoms with Crippen molar-refractivity contribution in [2.24, 2.45) is 0 Å². The van der Waals surface area contributed by atoms with Gasteiger partial charge in [0.05, 0.1) is 12.7 Å². The molecular weight excluding hydrogens is 132 g/mol. The number of hydrogen-bond acceptors (Lipinski definition) is 2. The maximum atomic E-state index is 5.46. The van der Waals surface area contributed by atoms with Gasteiger partial charge in [-0.3, -0.25) is 0 Å². The van der Waals surface area contributed by atoms with Crippen LogP contribution in [0.2, 0.25) is 0 Å². The molecule has 1 aliphatic heterocycles. The van der Waals surface area contributed by atoms with E-state index >= 15 is 0 Å². The van der Waals surface area contributed by atoms with Crippen molar-refractivity contribution in [3.05, 3.63) is 0 Å². The van der Waals surface area contributed by atoms with Crippen molar-refractivity contribution < 1.29 is 4.74 Å². The molecule has 1 nitrogen and oxygen atoms in total. The maximum Gasteiger partial charge on any atom is 0.0588 e. The number of ether oxygens (including phenoxy) is 1. The summed E-state index contributed by atoms with van der Waals surface area (Å²) in [5.74, 6) is 0. The first-order valence-electron chi connectivity index (χ1n) is 3.47. The molecule has 0 aromatic heterocycles. The van der Waals surface area contributed by atoms with Crippen LogP contribution in [0.1, 0.15) is 19.8 Å². The molecule has 1 aliphatic rings. The average Bonchev–Trinajstić information content (AvgIpc) is 1.90. The van der Waals surface area contributed by atoms with E-state index in [1.54, 1.807) is 0 Å². The summed E-state index contributed by atoms with van der Waals surface area (Å²) in [5, 5.41) is 0.765. The molecule has 0 N–H and O–H groups in total. The van der Waals surface area contributed by atoms with Crippen molar-refractivity contribution in [2.45, 2.75) is 31.1 Å². The Bertz CT molecular complexity index is 77.0. The van der Waals surface area contributed by atoms with Gasteiger partial charge in [0.15, 0.2) is 0 Å². The highest BCUT2D eigenvalue weighted by atomic mass is 32.2. The third-order valence-corrected chi connectivity index (χ3v) is 2.83. The van der Waals surface area contributed by atoms with E-state index in [0.717, 1.165) is 11.9 Å². The molecule has 54 valence electrons. The predicted molar refractivity (Wildman–Crippen MR) is 42.0 cm³/mol. The van der Waals surface area contributed by atoms with Crippen molar-refractivity contribution >= 4 is 11.8 Å². The Morgan fingerprint density at radius 2 is 2.22 bits per heavy atom. The van der Waals surface area contributed by atoms with Crippen LogP contribution in [0.3, 0.4) is 0 Å². The van der Waals surface area contributed by atoms with Gasteiger partial charge in [0.1, 0.15) is 0 Å². The lowest BCUT2D eigenvalue weighted by atomic mass is 10.1. The van der Waals surface area contributed by atoms with Crippen LogP contribution in [-0.2, 0) is 4.74 Å². The summed E-state index contributed by atoms with van der Waals surface area (Å²) in [5.41, 5.74) is 0. The van der Waals surface area contributed by atoms with Gasteiger partial charge in [-0.1, -0.05) is 0 Å². The predicted octanol–water partition coefficient (Wildman–Crippen LogP) is 1.92. The van der Waals surface area contributed by atoms with E-state index in [2.05, 4.69) is 13.2 Å². The van der Waals surface area contributed by atoms with Gasteiger partial charge >= 0.3 is 0 Å². The minimum absolute atomic E-state index is 0.508. The summed E-state index contributed by atoms with van der Waals surface area (Å²) in [4.78, 5) is 0. The fraction of sp³-hybridized carbons (Fsp3) is 1.00. The van der Waals surface area contributed by atoms with E-state index in [1.165, 1.54) is 12.8 Å². The minimum atomic E-state index is 0.508. The molecule has 0 unspecified atom stereocenters. The lowest BCUT2D eigenvalue weighted by Crippen LogP contribution is -2.24. The third kappa shape index (κ3) is 2.18. The Balaban J connectivity index is 2.18. The SMILES string of the molecule is CS[C@@H]1CC[C@@H](C)OC1. The molecule has 0 radical (unpaired) electrons. The Morgan fingerprint density at radius 3 is 2.67 bits per heavy atom. The standard InChI is InChI=1S/C7H14OS/c1-6-3-4-7(9-2)5-8-6/h6-7H,3-5H2,1-2H3/t6-,7-/m1/s1. The molecule has 0 saturated carbocycles. The molecule has 9 heavy (non-hydrogen) atoms. The summed E-state index contributed by atoms with van der Waals surface area (Å²) in [6.45, 7) is 3.11. The van der Waals surface area contributed by atoms with Gasteiger partial charge in [-0.2, -0.15) is 11.8 Å². The van der Waals surface area contributed by atoms with Crippen LogP contribution in [0, 0.1) is 0 Å². The zero-order valence-corrected chi connectivity index (χ0v) is 6.91. The van der Waals surface area contributed by atoms with E-state index in [4.69, 9.17) is 4.74 Å². The highest BCUT2D eigenvalue weighted by molar-refractivity contribution is 7.99. The molecule has 2 atom stereocenters. The highest BCUT2D eigenvalue weighted by Gasteiger charge is 2.16. The normalized spacial score (nSPS) is 36.7. The molecule has 0 amide bonds. The van der Waals surface area contributed by atoms with Crippen LogP contribution in [0.5, 0.6) is 0 Å². The monoisotopic (exact) mass is 146 g/mol. The average molecular weight is 146 g/mol. The second kappa shape index (κ2) is 3.47. The van der Waals surface area contributed by atoms with Gasteiger partial charge in [0.25, 0.3) is 0 Å². The number of hydrogen-bond donors (Lipinski definition) is 0. The van der Waals surface area contributed by atoms with Gasteiger partial charge < -0.3 is 4.74 Å². The van der Waals surface area contributed by atoms with Crippen molar-refractivity contribution in [1.29, 1.82) is 0 Å². The van der Waals surface area contributed by atoms with Crippen LogP contribution in [0.15, 0.2) is 0 Å². The van der Waals surface area contributed by atoms with Crippen LogP contribution in [0.25, 0.3) is 0 Å². The Morgan fingerprint density at radius 1 is 1.44 bits per heavy atom. The van der Waals surface area contributed by atoms with Crippen LogP contribution in [0.4, 0.5) is 0 Å². The highest BCUT2D eigenvalue weighted by Crippen LogP contribution is 2.21. The van der Waals surface area contributed by atoms with Crippen molar-refractivity contribution in [2.75, 3.05) is 12.9 Å². The lowest BCUT2D eigenvalue weighted by Gasteiger charge is -2.25. The molecule has 0 aliphatic carbocycles. The van der Waals surface area contributed by atoms with E-state index in [0.29, 0.717) is 6.10 Å². The van der Waals surface area contributed by atoms with Crippen molar-refractivity contribution in [3.63, 3.8) is 0 Å². The van der Waals surface area contributed by atoms with Gasteiger partial charge in [0, 0.05) is 5.25 Å². The molecule has 0 aromatic carbocycles. The summed E-state index contributed by atoms with van der Waals surface area (Å²) < 4.78 is 5.46. The number of rotatable bonds is 1. The molecule has 0 aromatic rings. The molecule has 1 rings (SSSR count). The van der Waals surface area contributed by atoms with E-state index in [9.17, 15) is 0 Å². The Labute approximate surface area is 61.2 Å². The van der Waals surface area contributed by atoms with Crippen molar-refractivity contribution in [1.82, 2.24) is 0 Å². The van der Waals surface area contributed by atoms with Gasteiger partial charge in [-0.15, -0.1) is 0 Å². The summed E-state index contributed by atoms with van der Waals surface area (Å²) >= 11 is 1.92. The van der Waals surface area contributed by atoms with E-state index in [1.807, 2.05) is 11.8 Å². The second-order valence-electron chi connectivity index (χ2n) is 2.58. The zero-order chi connectivity index (χ0) is 6.69. The smallest absolute Gasteiger partial charge is 0.0588 e. The van der Waals surface area contributed by atoms with E-state index in [-0.39, 0.29) is 0 Å². The quantitative estimate of drug-likeness (QED) is 0.559. The van der Waals surface area contributed by atoms with Gasteiger partial charge in [-0.25, -0.2) is 0 Å². The van der Waals surface area contributed by atoms with Gasteiger partial charge in [0.2, 0.25) is 0 Å². The molecule has 1 heterocycles. The summed E-state index contributed by atoms with van der Waals surface area (Å²) in [6, 6.07) is 0. The molecule has 0 bridgehead atoms. The van der Waals surface area contributed by atoms with Crippen LogP contribution < -0.4 is 0 Å². The largest absolute Gasteiger partial charge is 0.377 e. The summed E-state index contributed by atoms with van der Waals surface area (Å²) in [6.07, 6.45) is 5.24. The first-order chi connectivity index (χ1) is 4.33. The fourth-order valence-corrected chi connectivity index (χ4v) is 1.63. The fourth-order valence-electron chi connectivity index (χ4n) is 1.04. The first-order valence-corrected chi connectivity index (χ1v) is 4.76. The Kier molecular flexibility index (Phi) is 2.86. The van der Waals surface area contributed by atoms with Crippen LogP contribution >= 0.6 is 11.8 Å². The third-order valence-electron chi connectivity index (χ3n) is 1.80. The molecule has 1 fully saturated rings. The molecule has 2 heteroatoms. The minimum Gasteiger partial charge on any atom is -0.377 e. The van der Waals surface area contributed by atoms with Crippen molar-refractivity contribution in [3.8, 4) is 0 Å². The van der Waals surface area contributed by atoms with E-state index < -0.39 is 0 Å². The maximum absolute atomic E-state index is 5.46. The summed E-state index contributed by atoms with van der Waals surface area (Å²) in [7, 11) is 0. The zero-order valence-electron chi connectivity index (χ0n) is 6.09. The van der Waals surface area contributed by atoms with Gasteiger partial charge in [-0.05, 0) is 26.0 Å². The first kappa shape index (κ1) is 7.42.